The van der Waals surface area contributed by atoms with Crippen molar-refractivity contribution < 1.29 is 9.50 Å². The van der Waals surface area contributed by atoms with Crippen LogP contribution < -0.4 is 4.90 Å². The Labute approximate surface area is 88.7 Å². The van der Waals surface area contributed by atoms with Crippen LogP contribution in [-0.2, 0) is 0 Å². The minimum atomic E-state index is -0.304. The molecule has 1 fully saturated rings. The van der Waals surface area contributed by atoms with Crippen molar-refractivity contribution in [2.24, 2.45) is 0 Å². The molecule has 0 aliphatic carbocycles. The van der Waals surface area contributed by atoms with Crippen molar-refractivity contribution in [1.82, 2.24) is 4.90 Å². The van der Waals surface area contributed by atoms with Gasteiger partial charge in [-0.25, -0.2) is 4.39 Å². The number of rotatable bonds is 1. The fraction of sp³-hybridized carbons (Fsp3) is 0.455. The highest BCUT2D eigenvalue weighted by Crippen LogP contribution is 2.28. The lowest BCUT2D eigenvalue weighted by Crippen LogP contribution is -2.44. The maximum atomic E-state index is 13.0. The number of likely N-dealkylation sites (N-methyl/N-ethyl adjacent to an activating group) is 1. The summed E-state index contributed by atoms with van der Waals surface area (Å²) in [6.45, 7) is 3.53. The number of piperazine rings is 1. The van der Waals surface area contributed by atoms with Crippen LogP contribution >= 0.6 is 0 Å². The van der Waals surface area contributed by atoms with Gasteiger partial charge < -0.3 is 14.9 Å². The molecule has 0 atom stereocenters. The molecule has 0 amide bonds. The molecular weight excluding hydrogens is 195 g/mol. The molecule has 0 bridgehead atoms. The maximum absolute atomic E-state index is 13.0. The molecule has 0 saturated carbocycles. The first-order chi connectivity index (χ1) is 7.16. The number of nitrogens with zero attached hydrogens (tertiary/aromatic N) is 2. The average molecular weight is 210 g/mol. The van der Waals surface area contributed by atoms with E-state index in [1.54, 1.807) is 0 Å². The van der Waals surface area contributed by atoms with Crippen LogP contribution in [0.3, 0.4) is 0 Å². The molecule has 3 nitrogen and oxygen atoms in total. The van der Waals surface area contributed by atoms with E-state index < -0.39 is 0 Å². The predicted molar refractivity (Wildman–Crippen MR) is 57.8 cm³/mol. The number of phenols is 1. The zero-order chi connectivity index (χ0) is 10.8. The van der Waals surface area contributed by atoms with Crippen LogP contribution in [0.2, 0.25) is 0 Å². The summed E-state index contributed by atoms with van der Waals surface area (Å²) in [4.78, 5) is 4.23. The zero-order valence-corrected chi connectivity index (χ0v) is 8.78. The second kappa shape index (κ2) is 4.06. The molecule has 1 aromatic carbocycles. The van der Waals surface area contributed by atoms with Gasteiger partial charge in [-0.15, -0.1) is 0 Å². The Hall–Kier alpha value is -1.29. The molecule has 1 aliphatic heterocycles. The number of halogens is 1. The van der Waals surface area contributed by atoms with Gasteiger partial charge in [0.15, 0.2) is 0 Å². The Morgan fingerprint density at radius 3 is 2.53 bits per heavy atom. The number of hydrogen-bond acceptors (Lipinski definition) is 3. The Morgan fingerprint density at radius 2 is 1.87 bits per heavy atom. The summed E-state index contributed by atoms with van der Waals surface area (Å²) in [6.07, 6.45) is 0. The molecule has 1 heterocycles. The third kappa shape index (κ3) is 2.21. The fourth-order valence-electron chi connectivity index (χ4n) is 1.80. The largest absolute Gasteiger partial charge is 0.506 e. The number of aromatic hydroxyl groups is 1. The van der Waals surface area contributed by atoms with Crippen molar-refractivity contribution in [3.05, 3.63) is 24.0 Å². The minimum Gasteiger partial charge on any atom is -0.506 e. The van der Waals surface area contributed by atoms with E-state index in [4.69, 9.17) is 0 Å². The Bertz CT molecular complexity index is 348. The SMILES string of the molecule is CN1CCN(c2cc(F)ccc2O)CC1. The van der Waals surface area contributed by atoms with Crippen molar-refractivity contribution >= 4 is 5.69 Å². The first-order valence-electron chi connectivity index (χ1n) is 5.09. The zero-order valence-electron chi connectivity index (χ0n) is 8.78. The lowest BCUT2D eigenvalue weighted by Gasteiger charge is -2.34. The van der Waals surface area contributed by atoms with Gasteiger partial charge in [0.05, 0.1) is 5.69 Å². The second-order valence-electron chi connectivity index (χ2n) is 3.92. The number of anilines is 1. The van der Waals surface area contributed by atoms with Crippen LogP contribution in [0.15, 0.2) is 18.2 Å². The molecule has 2 rings (SSSR count). The summed E-state index contributed by atoms with van der Waals surface area (Å²) < 4.78 is 13.0. The van der Waals surface area contributed by atoms with E-state index in [1.807, 2.05) is 4.90 Å². The average Bonchev–Trinajstić information content (AvgIpc) is 2.23. The number of hydrogen-bond donors (Lipinski definition) is 1. The van der Waals surface area contributed by atoms with Gasteiger partial charge in [-0.05, 0) is 19.2 Å². The molecule has 15 heavy (non-hydrogen) atoms. The van der Waals surface area contributed by atoms with E-state index >= 15 is 0 Å². The van der Waals surface area contributed by atoms with E-state index in [0.29, 0.717) is 5.69 Å². The highest BCUT2D eigenvalue weighted by Gasteiger charge is 2.17. The molecule has 1 aliphatic rings. The van der Waals surface area contributed by atoms with Gasteiger partial charge in [0.25, 0.3) is 0 Å². The van der Waals surface area contributed by atoms with E-state index in [2.05, 4.69) is 11.9 Å². The van der Waals surface area contributed by atoms with Crippen molar-refractivity contribution in [3.63, 3.8) is 0 Å². The summed E-state index contributed by atoms with van der Waals surface area (Å²) in [7, 11) is 2.06. The number of phenolic OH excluding ortho intramolecular Hbond substituents is 1. The first-order valence-corrected chi connectivity index (χ1v) is 5.09. The summed E-state index contributed by atoms with van der Waals surface area (Å²) in [6, 6.07) is 4.07. The van der Waals surface area contributed by atoms with E-state index in [9.17, 15) is 9.50 Å². The third-order valence-corrected chi connectivity index (χ3v) is 2.78. The molecule has 0 unspecified atom stereocenters. The summed E-state index contributed by atoms with van der Waals surface area (Å²) >= 11 is 0. The Morgan fingerprint density at radius 1 is 1.20 bits per heavy atom. The van der Waals surface area contributed by atoms with Crippen LogP contribution in [-0.4, -0.2) is 43.2 Å². The highest BCUT2D eigenvalue weighted by atomic mass is 19.1. The monoisotopic (exact) mass is 210 g/mol. The van der Waals surface area contributed by atoms with Gasteiger partial charge in [-0.3, -0.25) is 0 Å². The van der Waals surface area contributed by atoms with Gasteiger partial charge in [-0.1, -0.05) is 0 Å². The summed E-state index contributed by atoms with van der Waals surface area (Å²) in [5.74, 6) is -0.150. The van der Waals surface area contributed by atoms with Crippen molar-refractivity contribution in [2.45, 2.75) is 0 Å². The van der Waals surface area contributed by atoms with E-state index in [-0.39, 0.29) is 11.6 Å². The van der Waals surface area contributed by atoms with E-state index in [0.717, 1.165) is 26.2 Å². The van der Waals surface area contributed by atoms with Gasteiger partial charge in [-0.2, -0.15) is 0 Å². The van der Waals surface area contributed by atoms with E-state index in [1.165, 1.54) is 18.2 Å². The van der Waals surface area contributed by atoms with Crippen LogP contribution in [0.5, 0.6) is 5.75 Å². The van der Waals surface area contributed by atoms with Gasteiger partial charge in [0.1, 0.15) is 11.6 Å². The smallest absolute Gasteiger partial charge is 0.139 e. The molecule has 0 spiro atoms. The molecule has 1 N–H and O–H groups in total. The Balaban J connectivity index is 2.18. The van der Waals surface area contributed by atoms with Gasteiger partial charge in [0.2, 0.25) is 0 Å². The summed E-state index contributed by atoms with van der Waals surface area (Å²) in [5, 5.41) is 9.63. The predicted octanol–water partition coefficient (Wildman–Crippen LogP) is 1.28. The van der Waals surface area contributed by atoms with Crippen LogP contribution in [0.25, 0.3) is 0 Å². The number of benzene rings is 1. The first kappa shape index (κ1) is 10.2. The molecular formula is C11H15FN2O. The molecule has 82 valence electrons. The molecule has 0 aromatic heterocycles. The maximum Gasteiger partial charge on any atom is 0.139 e. The van der Waals surface area contributed by atoms with Gasteiger partial charge >= 0.3 is 0 Å². The summed E-state index contributed by atoms with van der Waals surface area (Å²) in [5.41, 5.74) is 0.600. The lowest BCUT2D eigenvalue weighted by molar-refractivity contribution is 0.311. The van der Waals surface area contributed by atoms with Crippen molar-refractivity contribution in [1.29, 1.82) is 0 Å². The molecule has 1 saturated heterocycles. The second-order valence-corrected chi connectivity index (χ2v) is 3.92. The van der Waals surface area contributed by atoms with Crippen LogP contribution in [0, 0.1) is 5.82 Å². The minimum absolute atomic E-state index is 0.154. The highest BCUT2D eigenvalue weighted by molar-refractivity contribution is 5.58. The van der Waals surface area contributed by atoms with Crippen molar-refractivity contribution in [3.8, 4) is 5.75 Å². The molecule has 4 heteroatoms. The van der Waals surface area contributed by atoms with Gasteiger partial charge in [0, 0.05) is 32.2 Å². The van der Waals surface area contributed by atoms with Crippen LogP contribution in [0.4, 0.5) is 10.1 Å². The standard InChI is InChI=1S/C11H15FN2O/c1-13-4-6-14(7-5-13)10-8-9(12)2-3-11(10)15/h2-3,8,15H,4-7H2,1H3. The third-order valence-electron chi connectivity index (χ3n) is 2.78. The normalized spacial score (nSPS) is 18.1. The van der Waals surface area contributed by atoms with Crippen molar-refractivity contribution in [2.75, 3.05) is 38.1 Å². The lowest BCUT2D eigenvalue weighted by atomic mass is 10.2. The topological polar surface area (TPSA) is 26.7 Å². The molecule has 1 aromatic rings. The quantitative estimate of drug-likeness (QED) is 0.756. The fourth-order valence-corrected chi connectivity index (χ4v) is 1.80. The molecule has 0 radical (unpaired) electrons. The Kier molecular flexibility index (Phi) is 2.77. The van der Waals surface area contributed by atoms with Crippen LogP contribution in [0.1, 0.15) is 0 Å².